The van der Waals surface area contributed by atoms with Gasteiger partial charge < -0.3 is 4.48 Å². The van der Waals surface area contributed by atoms with Crippen molar-refractivity contribution in [1.29, 1.82) is 0 Å². The number of rotatable bonds is 3. The Balaban J connectivity index is 2.91. The van der Waals surface area contributed by atoms with E-state index in [4.69, 9.17) is 0 Å². The van der Waals surface area contributed by atoms with Crippen molar-refractivity contribution in [2.45, 2.75) is 25.7 Å². The topological polar surface area (TPSA) is 43.0 Å². The Hall–Kier alpha value is -1.14. The highest BCUT2D eigenvalue weighted by Gasteiger charge is 2.24. The van der Waals surface area contributed by atoms with E-state index >= 15 is 0 Å². The van der Waals surface area contributed by atoms with Gasteiger partial charge in [-0.05, 0) is 13.8 Å². The summed E-state index contributed by atoms with van der Waals surface area (Å²) in [6.07, 6.45) is 0. The fourth-order valence-electron chi connectivity index (χ4n) is 2.35. The minimum absolute atomic E-state index is 0.205. The van der Waals surface area contributed by atoms with Gasteiger partial charge in [-0.1, -0.05) is 15.9 Å². The Bertz CT molecular complexity index is 737. The molecule has 0 saturated carbocycles. The van der Waals surface area contributed by atoms with E-state index < -0.39 is 0 Å². The minimum Gasteiger partial charge on any atom is -0.326 e. The Morgan fingerprint density at radius 3 is 1.84 bits per heavy atom. The third kappa shape index (κ3) is 2.12. The van der Waals surface area contributed by atoms with Crippen molar-refractivity contribution in [2.75, 3.05) is 21.1 Å². The summed E-state index contributed by atoms with van der Waals surface area (Å²) in [6, 6.07) is 0. The standard InChI is InChI=1S/C13H19BrN3O2/c1-8-10(6-14)15-11(7-17(3,4)5)9(2)13(19)16(15)12(8)18/h6-7H2,1-5H3/q+1. The zero-order valence-electron chi connectivity index (χ0n) is 12.0. The summed E-state index contributed by atoms with van der Waals surface area (Å²) in [5.41, 5.74) is 2.65. The quantitative estimate of drug-likeness (QED) is 0.621. The third-order valence-electron chi connectivity index (χ3n) is 3.35. The zero-order valence-corrected chi connectivity index (χ0v) is 13.5. The molecule has 0 fully saturated rings. The number of quaternary nitrogens is 1. The summed E-state index contributed by atoms with van der Waals surface area (Å²) in [7, 11) is 6.20. The highest BCUT2D eigenvalue weighted by atomic mass is 79.9. The molecule has 0 aromatic carbocycles. The lowest BCUT2D eigenvalue weighted by Crippen LogP contribution is -2.34. The first kappa shape index (κ1) is 14.3. The van der Waals surface area contributed by atoms with Gasteiger partial charge in [0.15, 0.2) is 0 Å². The van der Waals surface area contributed by atoms with Gasteiger partial charge >= 0.3 is 0 Å². The predicted octanol–water partition coefficient (Wildman–Crippen LogP) is 0.915. The van der Waals surface area contributed by atoms with Crippen LogP contribution in [-0.4, -0.2) is 34.7 Å². The van der Waals surface area contributed by atoms with Crippen molar-refractivity contribution in [3.8, 4) is 0 Å². The van der Waals surface area contributed by atoms with Crippen molar-refractivity contribution in [1.82, 2.24) is 9.03 Å². The average Bonchev–Trinajstić information content (AvgIpc) is 2.67. The maximum atomic E-state index is 12.3. The van der Waals surface area contributed by atoms with Gasteiger partial charge in [0.25, 0.3) is 11.1 Å². The monoisotopic (exact) mass is 328 g/mol. The smallest absolute Gasteiger partial charge is 0.277 e. The molecule has 2 aromatic rings. The van der Waals surface area contributed by atoms with Gasteiger partial charge in [-0.25, -0.2) is 4.52 Å². The van der Waals surface area contributed by atoms with E-state index in [2.05, 4.69) is 37.1 Å². The van der Waals surface area contributed by atoms with Crippen LogP contribution >= 0.6 is 15.9 Å². The fraction of sp³-hybridized carbons (Fsp3) is 0.538. The van der Waals surface area contributed by atoms with Crippen LogP contribution in [0.4, 0.5) is 0 Å². The Kier molecular flexibility index (Phi) is 3.35. The van der Waals surface area contributed by atoms with Gasteiger partial charge in [0, 0.05) is 16.5 Å². The number of hydrogen-bond donors (Lipinski definition) is 0. The Morgan fingerprint density at radius 1 is 0.947 bits per heavy atom. The Morgan fingerprint density at radius 2 is 1.42 bits per heavy atom. The van der Waals surface area contributed by atoms with Crippen LogP contribution in [0.1, 0.15) is 22.5 Å². The summed E-state index contributed by atoms with van der Waals surface area (Å²) < 4.78 is 3.74. The van der Waals surface area contributed by atoms with E-state index in [9.17, 15) is 9.59 Å². The van der Waals surface area contributed by atoms with Crippen LogP contribution in [0.3, 0.4) is 0 Å². The van der Waals surface area contributed by atoms with Crippen molar-refractivity contribution < 1.29 is 4.48 Å². The van der Waals surface area contributed by atoms with Gasteiger partial charge in [-0.2, -0.15) is 4.52 Å². The number of fused-ring (bicyclic) bond motifs is 1. The summed E-state index contributed by atoms with van der Waals surface area (Å²) in [5, 5.41) is 0.558. The number of halogens is 1. The molecule has 2 rings (SSSR count). The lowest BCUT2D eigenvalue weighted by atomic mass is 10.2. The van der Waals surface area contributed by atoms with Crippen molar-refractivity contribution >= 4 is 15.9 Å². The van der Waals surface area contributed by atoms with Crippen LogP contribution in [-0.2, 0) is 11.9 Å². The number of nitrogens with zero attached hydrogens (tertiary/aromatic N) is 3. The molecule has 2 heterocycles. The first-order valence-corrected chi connectivity index (χ1v) is 7.26. The zero-order chi connectivity index (χ0) is 14.5. The van der Waals surface area contributed by atoms with E-state index in [0.29, 0.717) is 27.5 Å². The van der Waals surface area contributed by atoms with Crippen LogP contribution in [0.15, 0.2) is 9.59 Å². The van der Waals surface area contributed by atoms with Crippen LogP contribution in [0.25, 0.3) is 0 Å². The molecule has 0 atom stereocenters. The molecule has 19 heavy (non-hydrogen) atoms. The van der Waals surface area contributed by atoms with E-state index in [0.717, 1.165) is 11.4 Å². The van der Waals surface area contributed by atoms with Crippen LogP contribution < -0.4 is 11.1 Å². The lowest BCUT2D eigenvalue weighted by molar-refractivity contribution is -0.884. The Labute approximate surface area is 120 Å². The second kappa shape index (κ2) is 4.45. The van der Waals surface area contributed by atoms with Crippen LogP contribution in [0.5, 0.6) is 0 Å². The molecule has 0 aliphatic heterocycles. The molecule has 0 saturated heterocycles. The molecule has 0 aliphatic carbocycles. The van der Waals surface area contributed by atoms with E-state index in [1.54, 1.807) is 18.4 Å². The second-order valence-electron chi connectivity index (χ2n) is 5.96. The average molecular weight is 329 g/mol. The van der Waals surface area contributed by atoms with Crippen molar-refractivity contribution in [3.05, 3.63) is 43.2 Å². The first-order valence-electron chi connectivity index (χ1n) is 6.13. The SMILES string of the molecule is Cc1c(CBr)n2c(C[N+](C)(C)C)c(C)c(=O)n2c1=O. The largest absolute Gasteiger partial charge is 0.326 e. The van der Waals surface area contributed by atoms with Gasteiger partial charge in [-0.3, -0.25) is 9.59 Å². The number of hydrogen-bond acceptors (Lipinski definition) is 2. The fourth-order valence-corrected chi connectivity index (χ4v) is 3.01. The summed E-state index contributed by atoms with van der Waals surface area (Å²) >= 11 is 3.41. The molecule has 0 amide bonds. The molecule has 5 nitrogen and oxygen atoms in total. The third-order valence-corrected chi connectivity index (χ3v) is 3.89. The van der Waals surface area contributed by atoms with Gasteiger partial charge in [0.2, 0.25) is 0 Å². The maximum Gasteiger partial charge on any atom is 0.277 e. The lowest BCUT2D eigenvalue weighted by Gasteiger charge is -2.24. The van der Waals surface area contributed by atoms with Gasteiger partial charge in [-0.15, -0.1) is 0 Å². The predicted molar refractivity (Wildman–Crippen MR) is 78.4 cm³/mol. The minimum atomic E-state index is -0.213. The highest BCUT2D eigenvalue weighted by molar-refractivity contribution is 9.08. The van der Waals surface area contributed by atoms with E-state index in [1.807, 2.05) is 0 Å². The normalized spacial score (nSPS) is 12.5. The van der Waals surface area contributed by atoms with Crippen molar-refractivity contribution in [2.24, 2.45) is 0 Å². The van der Waals surface area contributed by atoms with Crippen molar-refractivity contribution in [3.63, 3.8) is 0 Å². The summed E-state index contributed by atoms with van der Waals surface area (Å²) in [5.74, 6) is 0. The molecule has 0 bridgehead atoms. The van der Waals surface area contributed by atoms with Gasteiger partial charge in [0.05, 0.1) is 26.8 Å². The number of alkyl halides is 1. The second-order valence-corrected chi connectivity index (χ2v) is 6.52. The molecular weight excluding hydrogens is 310 g/mol. The summed E-state index contributed by atoms with van der Waals surface area (Å²) in [6.45, 7) is 4.26. The molecule has 0 N–H and O–H groups in total. The molecule has 104 valence electrons. The summed E-state index contributed by atoms with van der Waals surface area (Å²) in [4.78, 5) is 24.4. The molecule has 0 radical (unpaired) electrons. The molecule has 0 unspecified atom stereocenters. The molecule has 6 heteroatoms. The molecular formula is C13H19BrN3O2+. The van der Waals surface area contributed by atoms with Gasteiger partial charge in [0.1, 0.15) is 12.2 Å². The molecule has 0 spiro atoms. The van der Waals surface area contributed by atoms with Crippen LogP contribution in [0.2, 0.25) is 0 Å². The highest BCUT2D eigenvalue weighted by Crippen LogP contribution is 2.16. The van der Waals surface area contributed by atoms with E-state index in [-0.39, 0.29) is 11.1 Å². The molecule has 0 aliphatic rings. The van der Waals surface area contributed by atoms with Crippen LogP contribution in [0, 0.1) is 13.8 Å². The maximum absolute atomic E-state index is 12.3. The first-order chi connectivity index (χ1) is 8.69. The molecule has 2 aromatic heterocycles. The number of aromatic nitrogens is 2. The van der Waals surface area contributed by atoms with E-state index in [1.165, 1.54) is 4.52 Å².